The third-order valence-corrected chi connectivity index (χ3v) is 12.0. The maximum absolute atomic E-state index is 13.2. The lowest BCUT2D eigenvalue weighted by Gasteiger charge is -2.36. The van der Waals surface area contributed by atoms with E-state index in [2.05, 4.69) is 46.1 Å². The van der Waals surface area contributed by atoms with E-state index in [1.54, 1.807) is 27.9 Å². The molecule has 3 aliphatic heterocycles. The van der Waals surface area contributed by atoms with Gasteiger partial charge >= 0.3 is 6.03 Å². The molecule has 0 radical (unpaired) electrons. The molecule has 334 valence electrons. The minimum absolute atomic E-state index is 0.107. The molecule has 3 fully saturated rings. The number of carbonyl (C=O) groups is 5. The number of pyridine rings is 1. The van der Waals surface area contributed by atoms with Crippen LogP contribution in [0.15, 0.2) is 48.9 Å². The number of hydrogen-bond acceptors (Lipinski definition) is 13. The number of fused-ring (bicyclic) bond motifs is 2. The van der Waals surface area contributed by atoms with E-state index >= 15 is 0 Å². The number of hydrogen-bond donors (Lipinski definition) is 4. The van der Waals surface area contributed by atoms with Crippen molar-refractivity contribution in [3.63, 3.8) is 0 Å². The fraction of sp³-hybridized carbons (Fsp3) is 0.488. The normalized spacial score (nSPS) is 18.2. The third kappa shape index (κ3) is 10.8. The van der Waals surface area contributed by atoms with Gasteiger partial charge in [-0.2, -0.15) is 5.10 Å². The van der Waals surface area contributed by atoms with Crippen molar-refractivity contribution in [2.75, 3.05) is 87.8 Å². The Morgan fingerprint density at radius 3 is 2.48 bits per heavy atom. The Kier molecular flexibility index (Phi) is 14.3. The Hall–Kier alpha value is -5.89. The molecule has 4 N–H and O–H groups in total. The highest BCUT2D eigenvalue weighted by atomic mass is 35.5. The number of aromatic nitrogens is 4. The minimum atomic E-state index is -0.623. The largest absolute Gasteiger partial charge is 0.474 e. The highest BCUT2D eigenvalue weighted by Crippen LogP contribution is 2.38. The number of halogens is 1. The van der Waals surface area contributed by atoms with Crippen LogP contribution in [-0.4, -0.2) is 137 Å². The highest BCUT2D eigenvalue weighted by Gasteiger charge is 2.39. The van der Waals surface area contributed by atoms with E-state index in [4.69, 9.17) is 25.8 Å². The number of rotatable bonds is 18. The molecule has 6 heterocycles. The van der Waals surface area contributed by atoms with Crippen molar-refractivity contribution in [3.05, 3.63) is 70.8 Å². The van der Waals surface area contributed by atoms with Crippen molar-refractivity contribution >= 4 is 64.0 Å². The molecule has 1 aromatic carbocycles. The second kappa shape index (κ2) is 20.5. The molecule has 19 nitrogen and oxygen atoms in total. The molecule has 63 heavy (non-hydrogen) atoms. The van der Waals surface area contributed by atoms with Crippen molar-refractivity contribution < 1.29 is 38.2 Å². The number of nitrogens with one attached hydrogen (secondary N) is 4. The maximum Gasteiger partial charge on any atom is 0.323 e. The van der Waals surface area contributed by atoms with Crippen LogP contribution in [0.4, 0.5) is 21.9 Å². The van der Waals surface area contributed by atoms with Crippen LogP contribution < -0.4 is 30.9 Å². The van der Waals surface area contributed by atoms with Gasteiger partial charge in [-0.05, 0) is 49.1 Å². The van der Waals surface area contributed by atoms with Crippen LogP contribution in [0.1, 0.15) is 72.5 Å². The summed E-state index contributed by atoms with van der Waals surface area (Å²) in [5.41, 5.74) is 5.06. The van der Waals surface area contributed by atoms with Crippen molar-refractivity contribution in [1.29, 1.82) is 0 Å². The average molecular weight is 886 g/mol. The number of piperazine rings is 1. The Bertz CT molecular complexity index is 2310. The van der Waals surface area contributed by atoms with Gasteiger partial charge in [0, 0.05) is 81.5 Å². The summed E-state index contributed by atoms with van der Waals surface area (Å²) in [7, 11) is 0. The molecule has 1 saturated carbocycles. The van der Waals surface area contributed by atoms with Gasteiger partial charge in [-0.25, -0.2) is 19.3 Å². The second-order valence-corrected chi connectivity index (χ2v) is 16.4. The summed E-state index contributed by atoms with van der Waals surface area (Å²) in [6.07, 6.45) is 9.78. The number of amides is 6. The average Bonchev–Trinajstić information content (AvgIpc) is 4.05. The molecule has 0 spiro atoms. The molecule has 8 rings (SSSR count). The first-order valence-electron chi connectivity index (χ1n) is 21.6. The first-order chi connectivity index (χ1) is 30.7. The Morgan fingerprint density at radius 1 is 0.873 bits per heavy atom. The molecule has 20 heteroatoms. The summed E-state index contributed by atoms with van der Waals surface area (Å²) in [4.78, 5) is 77.5. The van der Waals surface area contributed by atoms with Crippen LogP contribution in [0.2, 0.25) is 5.02 Å². The first-order valence-corrected chi connectivity index (χ1v) is 21.9. The van der Waals surface area contributed by atoms with Crippen LogP contribution in [-0.2, 0) is 30.4 Å². The van der Waals surface area contributed by atoms with E-state index in [-0.39, 0.29) is 67.8 Å². The summed E-state index contributed by atoms with van der Waals surface area (Å²) in [5, 5.41) is 15.6. The van der Waals surface area contributed by atoms with Crippen LogP contribution in [0.25, 0.3) is 5.65 Å². The van der Waals surface area contributed by atoms with Crippen LogP contribution in [0.5, 0.6) is 5.88 Å². The number of anilines is 3. The Labute approximate surface area is 369 Å². The summed E-state index contributed by atoms with van der Waals surface area (Å²) in [6, 6.07) is 8.10. The molecular weight excluding hydrogens is 834 g/mol. The van der Waals surface area contributed by atoms with Gasteiger partial charge in [0.1, 0.15) is 18.3 Å². The van der Waals surface area contributed by atoms with E-state index in [9.17, 15) is 24.0 Å². The molecular formula is C43H52ClN11O8. The zero-order valence-electron chi connectivity index (χ0n) is 35.0. The van der Waals surface area contributed by atoms with Gasteiger partial charge in [0.2, 0.25) is 23.6 Å². The molecule has 1 aliphatic carbocycles. The van der Waals surface area contributed by atoms with Gasteiger partial charge in [0.15, 0.2) is 5.65 Å². The van der Waals surface area contributed by atoms with E-state index in [0.29, 0.717) is 49.1 Å². The van der Waals surface area contributed by atoms with Crippen LogP contribution in [0, 0.1) is 0 Å². The molecule has 0 bridgehead atoms. The Balaban J connectivity index is 0.672. The molecule has 1 unspecified atom stereocenters. The number of carbonyl (C=O) groups excluding carboxylic acids is 5. The molecule has 6 amide bonds. The Morgan fingerprint density at radius 2 is 1.67 bits per heavy atom. The number of benzene rings is 1. The van der Waals surface area contributed by atoms with Gasteiger partial charge in [-0.15, -0.1) is 0 Å². The van der Waals surface area contributed by atoms with Gasteiger partial charge in [0.05, 0.1) is 61.8 Å². The summed E-state index contributed by atoms with van der Waals surface area (Å²) < 4.78 is 19.0. The molecule has 4 aliphatic rings. The maximum atomic E-state index is 13.2. The zero-order valence-corrected chi connectivity index (χ0v) is 35.7. The van der Waals surface area contributed by atoms with Gasteiger partial charge < -0.3 is 40.0 Å². The number of urea groups is 1. The summed E-state index contributed by atoms with van der Waals surface area (Å²) in [5.74, 6) is -0.645. The first kappa shape index (κ1) is 43.7. The van der Waals surface area contributed by atoms with Gasteiger partial charge in [-0.3, -0.25) is 29.4 Å². The SMILES string of the molecule is O=C(CCOCCOCCN1CCN(c2ccc3c(c2)CN(C2CCC(=O)NC2=O)C3=O)CC1)NCCOc1ncc(Cl)cc1NC(=O)Nc1cnc2ccnn2c1C1CCCC1. The number of piperidine rings is 1. The predicted octanol–water partition coefficient (Wildman–Crippen LogP) is 3.58. The number of ether oxygens (including phenoxy) is 3. The fourth-order valence-electron chi connectivity index (χ4n) is 8.58. The third-order valence-electron chi connectivity index (χ3n) is 11.8. The highest BCUT2D eigenvalue weighted by molar-refractivity contribution is 6.30. The lowest BCUT2D eigenvalue weighted by atomic mass is 10.0. The molecule has 2 saturated heterocycles. The van der Waals surface area contributed by atoms with E-state index in [0.717, 1.165) is 81.0 Å². The monoisotopic (exact) mass is 885 g/mol. The van der Waals surface area contributed by atoms with Crippen LogP contribution in [0.3, 0.4) is 0 Å². The lowest BCUT2D eigenvalue weighted by molar-refractivity contribution is -0.137. The fourth-order valence-corrected chi connectivity index (χ4v) is 8.74. The minimum Gasteiger partial charge on any atom is -0.474 e. The van der Waals surface area contributed by atoms with Crippen molar-refractivity contribution in [2.24, 2.45) is 0 Å². The molecule has 1 atom stereocenters. The molecule has 3 aromatic heterocycles. The van der Waals surface area contributed by atoms with Crippen molar-refractivity contribution in [2.45, 2.75) is 63.5 Å². The van der Waals surface area contributed by atoms with E-state index in [1.807, 2.05) is 24.3 Å². The predicted molar refractivity (Wildman–Crippen MR) is 232 cm³/mol. The van der Waals surface area contributed by atoms with E-state index in [1.165, 1.54) is 6.20 Å². The number of imide groups is 1. The summed E-state index contributed by atoms with van der Waals surface area (Å²) >= 11 is 6.20. The molecule has 4 aromatic rings. The topological polar surface area (TPSA) is 214 Å². The van der Waals surface area contributed by atoms with Crippen molar-refractivity contribution in [3.8, 4) is 5.88 Å². The quantitative estimate of drug-likeness (QED) is 0.0832. The second-order valence-electron chi connectivity index (χ2n) is 16.0. The summed E-state index contributed by atoms with van der Waals surface area (Å²) in [6.45, 7) is 6.47. The van der Waals surface area contributed by atoms with Gasteiger partial charge in [-0.1, -0.05) is 24.4 Å². The lowest BCUT2D eigenvalue weighted by Crippen LogP contribution is -2.52. The standard InChI is InChI=1S/C43H52ClN11O8/c44-30-24-33(49-43(60)50-34-26-46-36-9-11-48-55(36)39(34)28-3-1-2-4-28)41(47-25-30)63-19-12-45-37(56)10-18-61-21-22-62-20-17-52-13-15-53(16-14-52)31-5-6-32-29(23-31)27-54(42(32)59)35-7-8-38(57)51-40(35)58/h5-6,9,11,23-26,28,35H,1-4,7-8,10,12-22,27H2,(H,45,56)(H2,49,50,60)(H,51,57,58). The smallest absolute Gasteiger partial charge is 0.323 e. The zero-order chi connectivity index (χ0) is 43.7. The van der Waals surface area contributed by atoms with Gasteiger partial charge in [0.25, 0.3) is 5.91 Å². The van der Waals surface area contributed by atoms with Crippen LogP contribution >= 0.6 is 11.6 Å². The van der Waals surface area contributed by atoms with Crippen molar-refractivity contribution in [1.82, 2.24) is 40.0 Å². The number of nitrogens with zero attached hydrogens (tertiary/aromatic N) is 7. The van der Waals surface area contributed by atoms with E-state index < -0.39 is 18.0 Å².